The molecule has 1 rings (SSSR count). The van der Waals surface area contributed by atoms with E-state index in [2.05, 4.69) is 32.7 Å². The van der Waals surface area contributed by atoms with Gasteiger partial charge in [0.15, 0.2) is 0 Å². The Morgan fingerprint density at radius 1 is 1.05 bits per heavy atom. The first-order valence-electron chi connectivity index (χ1n) is 8.95. The van der Waals surface area contributed by atoms with Gasteiger partial charge >= 0.3 is 0 Å². The van der Waals surface area contributed by atoms with Crippen molar-refractivity contribution in [2.75, 3.05) is 20.1 Å². The molecule has 0 unspecified atom stereocenters. The molecule has 2 heteroatoms. The molecule has 1 fully saturated rings. The molecule has 1 aliphatic rings. The van der Waals surface area contributed by atoms with Gasteiger partial charge in [-0.15, -0.1) is 0 Å². The minimum Gasteiger partial charge on any atom is -0.331 e. The monoisotopic (exact) mass is 286 g/mol. The lowest BCUT2D eigenvalue weighted by atomic mass is 9.83. The summed E-state index contributed by atoms with van der Waals surface area (Å²) >= 11 is 0. The van der Waals surface area contributed by atoms with Crippen LogP contribution in [-0.4, -0.2) is 31.1 Å². The van der Waals surface area contributed by atoms with E-state index in [-0.39, 0.29) is 0 Å². The summed E-state index contributed by atoms with van der Waals surface area (Å²) in [5, 5.41) is 0. The molecule has 1 aliphatic carbocycles. The molecule has 0 aromatic carbocycles. The van der Waals surface area contributed by atoms with Gasteiger partial charge in [-0.2, -0.15) is 0 Å². The number of nitrogens with zero attached hydrogens (tertiary/aromatic N) is 1. The van der Waals surface area contributed by atoms with Crippen LogP contribution in [0.2, 0.25) is 0 Å². The van der Waals surface area contributed by atoms with Crippen LogP contribution in [-0.2, 0) is 0 Å². The van der Waals surface area contributed by atoms with Crippen LogP contribution >= 0.6 is 0 Å². The largest absolute Gasteiger partial charge is 0.331 e. The molecule has 0 aliphatic heterocycles. The van der Waals surface area contributed by atoms with Crippen molar-refractivity contribution in [3.8, 4) is 0 Å². The zero-order valence-corrected chi connectivity index (χ0v) is 15.4. The minimum absolute atomic E-state index is 0.750. The highest BCUT2D eigenvalue weighted by molar-refractivity contribution is 4.78. The third kappa shape index (κ3) is 11.7. The van der Waals surface area contributed by atoms with Crippen LogP contribution in [0.3, 0.4) is 0 Å². The van der Waals surface area contributed by atoms with Crippen molar-refractivity contribution in [2.45, 2.75) is 86.1 Å². The number of hydrogen-bond acceptors (Lipinski definition) is 2. The van der Waals surface area contributed by atoms with E-state index in [1.54, 1.807) is 0 Å². The second-order valence-electron chi connectivity index (χ2n) is 6.20. The smallest absolute Gasteiger partial charge is 0.00925 e. The molecule has 1 saturated carbocycles. The summed E-state index contributed by atoms with van der Waals surface area (Å²) in [6.45, 7) is 14.9. The Morgan fingerprint density at radius 3 is 1.85 bits per heavy atom. The van der Waals surface area contributed by atoms with Gasteiger partial charge in [-0.3, -0.25) is 0 Å². The summed E-state index contributed by atoms with van der Waals surface area (Å²) < 4.78 is 0. The third-order valence-corrected chi connectivity index (χ3v) is 3.79. The van der Waals surface area contributed by atoms with Gasteiger partial charge in [-0.1, -0.05) is 54.4 Å². The fraction of sp³-hybridized carbons (Fsp3) is 1.00. The molecule has 2 N–H and O–H groups in total. The van der Waals surface area contributed by atoms with Gasteiger partial charge < -0.3 is 10.6 Å². The second kappa shape index (κ2) is 15.3. The summed E-state index contributed by atoms with van der Waals surface area (Å²) in [6, 6.07) is 0.875. The van der Waals surface area contributed by atoms with Crippen molar-refractivity contribution in [2.24, 2.45) is 17.6 Å². The number of hydrogen-bond donors (Lipinski definition) is 1. The Labute approximate surface area is 129 Å². The molecule has 0 amide bonds. The van der Waals surface area contributed by atoms with E-state index in [4.69, 9.17) is 5.73 Å². The first-order chi connectivity index (χ1) is 9.54. The highest BCUT2D eigenvalue weighted by Crippen LogP contribution is 2.30. The molecule has 0 saturated heterocycles. The maximum Gasteiger partial charge on any atom is 0.00925 e. The summed E-state index contributed by atoms with van der Waals surface area (Å²) in [6.07, 6.45) is 8.65. The maximum absolute atomic E-state index is 4.85. The Bertz CT molecular complexity index is 172. The van der Waals surface area contributed by atoms with Crippen molar-refractivity contribution >= 4 is 0 Å². The lowest BCUT2D eigenvalue weighted by Gasteiger charge is -2.35. The predicted molar refractivity (Wildman–Crippen MR) is 94.2 cm³/mol. The summed E-state index contributed by atoms with van der Waals surface area (Å²) in [7, 11) is 2.31. The predicted octanol–water partition coefficient (Wildman–Crippen LogP) is 4.92. The van der Waals surface area contributed by atoms with Gasteiger partial charge in [0.05, 0.1) is 0 Å². The molecule has 0 atom stereocenters. The molecule has 0 aromatic heterocycles. The van der Waals surface area contributed by atoms with E-state index in [1.165, 1.54) is 45.1 Å². The summed E-state index contributed by atoms with van der Waals surface area (Å²) in [5.74, 6) is 1.85. The van der Waals surface area contributed by atoms with Crippen LogP contribution in [0.1, 0.15) is 80.1 Å². The fourth-order valence-electron chi connectivity index (χ4n) is 3.01. The van der Waals surface area contributed by atoms with E-state index >= 15 is 0 Å². The molecule has 0 aromatic rings. The van der Waals surface area contributed by atoms with Crippen molar-refractivity contribution in [3.63, 3.8) is 0 Å². The first kappa shape index (κ1) is 22.2. The van der Waals surface area contributed by atoms with Crippen molar-refractivity contribution in [1.82, 2.24) is 4.90 Å². The van der Waals surface area contributed by atoms with Gasteiger partial charge in [0.2, 0.25) is 0 Å². The summed E-state index contributed by atoms with van der Waals surface area (Å²) in [4.78, 5) is 2.59. The maximum atomic E-state index is 4.85. The molecule has 0 radical (unpaired) electrons. The SMILES string of the molecule is CC.CCCC1CCC(N(C)CC(C)C)CC1.CCN. The van der Waals surface area contributed by atoms with Gasteiger partial charge in [0.25, 0.3) is 0 Å². The zero-order chi connectivity index (χ0) is 16.0. The zero-order valence-electron chi connectivity index (χ0n) is 15.4. The lowest BCUT2D eigenvalue weighted by Crippen LogP contribution is -2.37. The van der Waals surface area contributed by atoms with Gasteiger partial charge in [0.1, 0.15) is 0 Å². The third-order valence-electron chi connectivity index (χ3n) is 3.79. The summed E-state index contributed by atoms with van der Waals surface area (Å²) in [5.41, 5.74) is 4.85. The van der Waals surface area contributed by atoms with Crippen LogP contribution in [0.15, 0.2) is 0 Å². The van der Waals surface area contributed by atoms with Crippen molar-refractivity contribution in [1.29, 1.82) is 0 Å². The van der Waals surface area contributed by atoms with E-state index < -0.39 is 0 Å². The van der Waals surface area contributed by atoms with E-state index in [0.29, 0.717) is 0 Å². The van der Waals surface area contributed by atoms with Gasteiger partial charge in [0, 0.05) is 12.6 Å². The van der Waals surface area contributed by atoms with E-state index in [0.717, 1.165) is 24.4 Å². The fourth-order valence-corrected chi connectivity index (χ4v) is 3.01. The molecule has 0 bridgehead atoms. The topological polar surface area (TPSA) is 29.3 Å². The number of rotatable bonds is 5. The quantitative estimate of drug-likeness (QED) is 0.777. The minimum atomic E-state index is 0.750. The van der Waals surface area contributed by atoms with Crippen LogP contribution in [0.5, 0.6) is 0 Å². The Hall–Kier alpha value is -0.0800. The molecule has 2 nitrogen and oxygen atoms in total. The highest BCUT2D eigenvalue weighted by atomic mass is 15.1. The average molecular weight is 287 g/mol. The molecule has 0 heterocycles. The average Bonchev–Trinajstić information content (AvgIpc) is 2.42. The van der Waals surface area contributed by atoms with Gasteiger partial charge in [-0.05, 0) is 51.1 Å². The first-order valence-corrected chi connectivity index (χ1v) is 8.95. The molecule has 124 valence electrons. The van der Waals surface area contributed by atoms with E-state index in [1.807, 2.05) is 20.8 Å². The van der Waals surface area contributed by atoms with Crippen LogP contribution < -0.4 is 5.73 Å². The Morgan fingerprint density at radius 2 is 1.50 bits per heavy atom. The van der Waals surface area contributed by atoms with Crippen LogP contribution in [0, 0.1) is 11.8 Å². The van der Waals surface area contributed by atoms with Crippen LogP contribution in [0.4, 0.5) is 0 Å². The second-order valence-corrected chi connectivity index (χ2v) is 6.20. The highest BCUT2D eigenvalue weighted by Gasteiger charge is 2.23. The van der Waals surface area contributed by atoms with Crippen molar-refractivity contribution < 1.29 is 0 Å². The Balaban J connectivity index is 0. The molecular formula is C18H42N2. The van der Waals surface area contributed by atoms with Crippen molar-refractivity contribution in [3.05, 3.63) is 0 Å². The van der Waals surface area contributed by atoms with Gasteiger partial charge in [-0.25, -0.2) is 0 Å². The normalized spacial score (nSPS) is 21.9. The number of nitrogens with two attached hydrogens (primary N) is 1. The lowest BCUT2D eigenvalue weighted by molar-refractivity contribution is 0.148. The molecule has 0 spiro atoms. The van der Waals surface area contributed by atoms with Crippen LogP contribution in [0.25, 0.3) is 0 Å². The molecule has 20 heavy (non-hydrogen) atoms. The van der Waals surface area contributed by atoms with E-state index in [9.17, 15) is 0 Å². The molecular weight excluding hydrogens is 244 g/mol. The Kier molecular flexibility index (Phi) is 17.0. The standard InChI is InChI=1S/C14H29N.C2H7N.C2H6/c1-5-6-13-7-9-14(10-8-13)15(4)11-12(2)3;1-2-3;1-2/h12-14H,5-11H2,1-4H3;2-3H2,1H3;1-2H3.